The highest BCUT2D eigenvalue weighted by molar-refractivity contribution is 8.01. The van der Waals surface area contributed by atoms with Crippen molar-refractivity contribution >= 4 is 43.3 Å². The lowest BCUT2D eigenvalue weighted by Crippen LogP contribution is -2.32. The van der Waals surface area contributed by atoms with Crippen LogP contribution in [-0.4, -0.2) is 24.0 Å². The summed E-state index contributed by atoms with van der Waals surface area (Å²) in [5, 5.41) is 0.446. The number of nitrogens with zero attached hydrogens (tertiary/aromatic N) is 1. The average Bonchev–Trinajstić information content (AvgIpc) is 2.92. The number of para-hydroxylation sites is 1. The summed E-state index contributed by atoms with van der Waals surface area (Å²) in [7, 11) is -3.54. The Balaban J connectivity index is 1.69. The molecule has 2 aromatic rings. The molecule has 22 heavy (non-hydrogen) atoms. The summed E-state index contributed by atoms with van der Waals surface area (Å²) in [6, 6.07) is 7.50. The van der Waals surface area contributed by atoms with E-state index in [1.54, 1.807) is 11.8 Å². The molecule has 120 valence electrons. The molecule has 1 heterocycles. The highest BCUT2D eigenvalue weighted by Gasteiger charge is 2.24. The molecular formula is C15H20N2O2S3. The minimum atomic E-state index is -3.54. The largest absolute Gasteiger partial charge is 0.268 e. The third-order valence-electron chi connectivity index (χ3n) is 3.77. The van der Waals surface area contributed by atoms with Gasteiger partial charge in [0.2, 0.25) is 4.34 Å². The first-order valence-electron chi connectivity index (χ1n) is 7.58. The van der Waals surface area contributed by atoms with Crippen LogP contribution in [0.4, 0.5) is 0 Å². The van der Waals surface area contributed by atoms with Gasteiger partial charge in [-0.3, -0.25) is 0 Å². The molecule has 0 saturated heterocycles. The molecule has 1 unspecified atom stereocenters. The average molecular weight is 357 g/mol. The number of hydrogen-bond donors (Lipinski definition) is 1. The van der Waals surface area contributed by atoms with E-state index < -0.39 is 10.0 Å². The smallest absolute Gasteiger partial charge is 0.224 e. The van der Waals surface area contributed by atoms with Crippen LogP contribution in [0, 0.1) is 0 Å². The SMILES string of the molecule is CC(NS(=O)(=O)c1nc2ccccc2s1)SC1CCCCC1. The van der Waals surface area contributed by atoms with E-state index in [0.29, 0.717) is 5.25 Å². The van der Waals surface area contributed by atoms with Crippen LogP contribution in [0.3, 0.4) is 0 Å². The van der Waals surface area contributed by atoms with Crippen LogP contribution >= 0.6 is 23.1 Å². The Kier molecular flexibility index (Phi) is 5.07. The number of nitrogens with one attached hydrogen (secondary N) is 1. The van der Waals surface area contributed by atoms with E-state index in [9.17, 15) is 8.42 Å². The number of sulfonamides is 1. The van der Waals surface area contributed by atoms with Crippen LogP contribution in [0.15, 0.2) is 28.6 Å². The van der Waals surface area contributed by atoms with E-state index in [1.807, 2.05) is 31.2 Å². The Morgan fingerprint density at radius 2 is 2.00 bits per heavy atom. The fourth-order valence-corrected chi connectivity index (χ4v) is 6.84. The van der Waals surface area contributed by atoms with E-state index in [1.165, 1.54) is 43.4 Å². The summed E-state index contributed by atoms with van der Waals surface area (Å²) in [5.74, 6) is 0. The lowest BCUT2D eigenvalue weighted by Gasteiger charge is -2.24. The molecule has 0 bridgehead atoms. The van der Waals surface area contributed by atoms with Crippen molar-refractivity contribution in [3.05, 3.63) is 24.3 Å². The molecule has 1 fully saturated rings. The van der Waals surface area contributed by atoms with Crippen molar-refractivity contribution < 1.29 is 8.42 Å². The van der Waals surface area contributed by atoms with Gasteiger partial charge in [0.15, 0.2) is 0 Å². The lowest BCUT2D eigenvalue weighted by atomic mass is 10.0. The zero-order valence-corrected chi connectivity index (χ0v) is 14.9. The number of rotatable bonds is 5. The van der Waals surface area contributed by atoms with Crippen molar-refractivity contribution in [1.29, 1.82) is 0 Å². The number of hydrogen-bond acceptors (Lipinski definition) is 5. The quantitative estimate of drug-likeness (QED) is 0.823. The Bertz CT molecular complexity index is 703. The van der Waals surface area contributed by atoms with Gasteiger partial charge in [0.05, 0.1) is 15.6 Å². The van der Waals surface area contributed by atoms with Crippen molar-refractivity contribution in [3.8, 4) is 0 Å². The minimum Gasteiger partial charge on any atom is -0.224 e. The summed E-state index contributed by atoms with van der Waals surface area (Å²) in [4.78, 5) is 4.24. The summed E-state index contributed by atoms with van der Waals surface area (Å²) < 4.78 is 28.8. The van der Waals surface area contributed by atoms with Crippen molar-refractivity contribution in [2.45, 2.75) is 54.0 Å². The first-order chi connectivity index (χ1) is 10.5. The van der Waals surface area contributed by atoms with Crippen LogP contribution in [0.25, 0.3) is 10.2 Å². The van der Waals surface area contributed by atoms with Gasteiger partial charge < -0.3 is 0 Å². The second-order valence-electron chi connectivity index (χ2n) is 5.61. The molecule has 4 nitrogen and oxygen atoms in total. The predicted molar refractivity (Wildman–Crippen MR) is 93.9 cm³/mol. The number of benzene rings is 1. The number of aromatic nitrogens is 1. The van der Waals surface area contributed by atoms with Gasteiger partial charge in [-0.25, -0.2) is 13.4 Å². The van der Waals surface area contributed by atoms with Crippen LogP contribution in [0.5, 0.6) is 0 Å². The van der Waals surface area contributed by atoms with Gasteiger partial charge in [-0.1, -0.05) is 31.4 Å². The highest BCUT2D eigenvalue weighted by atomic mass is 32.2. The first-order valence-corrected chi connectivity index (χ1v) is 10.8. The fraction of sp³-hybridized carbons (Fsp3) is 0.533. The molecule has 0 aliphatic heterocycles. The molecule has 1 atom stereocenters. The molecule has 7 heteroatoms. The van der Waals surface area contributed by atoms with E-state index in [4.69, 9.17) is 0 Å². The molecule has 1 N–H and O–H groups in total. The normalized spacial score (nSPS) is 18.6. The van der Waals surface area contributed by atoms with E-state index >= 15 is 0 Å². The van der Waals surface area contributed by atoms with Crippen molar-refractivity contribution in [3.63, 3.8) is 0 Å². The summed E-state index contributed by atoms with van der Waals surface area (Å²) >= 11 is 2.96. The summed E-state index contributed by atoms with van der Waals surface area (Å²) in [6.45, 7) is 1.92. The van der Waals surface area contributed by atoms with Crippen molar-refractivity contribution in [2.75, 3.05) is 0 Å². The predicted octanol–water partition coefficient (Wildman–Crippen LogP) is 3.99. The zero-order valence-electron chi connectivity index (χ0n) is 12.5. The minimum absolute atomic E-state index is 0.125. The second-order valence-corrected chi connectivity index (χ2v) is 10.2. The highest BCUT2D eigenvalue weighted by Crippen LogP contribution is 2.31. The fourth-order valence-electron chi connectivity index (χ4n) is 2.75. The zero-order chi connectivity index (χ0) is 15.6. The van der Waals surface area contributed by atoms with Crippen LogP contribution < -0.4 is 4.72 Å². The van der Waals surface area contributed by atoms with Crippen molar-refractivity contribution in [1.82, 2.24) is 9.71 Å². The van der Waals surface area contributed by atoms with Gasteiger partial charge in [-0.05, 0) is 31.9 Å². The number of thiazole rings is 1. The topological polar surface area (TPSA) is 59.1 Å². The van der Waals surface area contributed by atoms with Crippen LogP contribution in [0.1, 0.15) is 39.0 Å². The summed E-state index contributed by atoms with van der Waals surface area (Å²) in [5.41, 5.74) is 0.737. The van der Waals surface area contributed by atoms with Crippen LogP contribution in [-0.2, 0) is 10.0 Å². The maximum absolute atomic E-state index is 12.5. The Morgan fingerprint density at radius 3 is 2.73 bits per heavy atom. The number of fused-ring (bicyclic) bond motifs is 1. The molecule has 1 saturated carbocycles. The Morgan fingerprint density at radius 1 is 1.27 bits per heavy atom. The molecular weight excluding hydrogens is 336 g/mol. The van der Waals surface area contributed by atoms with Gasteiger partial charge in [0.25, 0.3) is 10.0 Å². The Hall–Kier alpha value is -0.630. The summed E-state index contributed by atoms with van der Waals surface area (Å²) in [6.07, 6.45) is 6.21. The molecule has 0 spiro atoms. The van der Waals surface area contributed by atoms with Gasteiger partial charge in [0, 0.05) is 5.25 Å². The van der Waals surface area contributed by atoms with Crippen molar-refractivity contribution in [2.24, 2.45) is 0 Å². The molecule has 1 aliphatic rings. The Labute approximate surface area is 139 Å². The van der Waals surface area contributed by atoms with E-state index in [0.717, 1.165) is 10.2 Å². The first kappa shape index (κ1) is 16.2. The standard InChI is InChI=1S/C15H20N2O2S3/c1-11(20-12-7-3-2-4-8-12)17-22(18,19)15-16-13-9-5-6-10-14(13)21-15/h5-6,9-12,17H,2-4,7-8H2,1H3. The molecule has 1 aliphatic carbocycles. The van der Waals surface area contributed by atoms with E-state index in [2.05, 4.69) is 9.71 Å². The van der Waals surface area contributed by atoms with Gasteiger partial charge in [-0.15, -0.1) is 23.1 Å². The van der Waals surface area contributed by atoms with Crippen LogP contribution in [0.2, 0.25) is 0 Å². The molecule has 1 aromatic heterocycles. The van der Waals surface area contributed by atoms with Gasteiger partial charge in [0.1, 0.15) is 0 Å². The third-order valence-corrected chi connectivity index (χ3v) is 8.26. The molecule has 0 amide bonds. The molecule has 0 radical (unpaired) electrons. The number of thioether (sulfide) groups is 1. The van der Waals surface area contributed by atoms with E-state index in [-0.39, 0.29) is 9.71 Å². The van der Waals surface area contributed by atoms with Gasteiger partial charge in [-0.2, -0.15) is 4.72 Å². The molecule has 1 aromatic carbocycles. The molecule has 3 rings (SSSR count). The maximum Gasteiger partial charge on any atom is 0.268 e. The second kappa shape index (κ2) is 6.86. The van der Waals surface area contributed by atoms with Gasteiger partial charge >= 0.3 is 0 Å². The maximum atomic E-state index is 12.5. The lowest BCUT2D eigenvalue weighted by molar-refractivity contribution is 0.514. The third kappa shape index (κ3) is 3.82. The monoisotopic (exact) mass is 356 g/mol.